The Morgan fingerprint density at radius 2 is 2.19 bits per heavy atom. The summed E-state index contributed by atoms with van der Waals surface area (Å²) in [6.07, 6.45) is 2.19. The van der Waals surface area contributed by atoms with Crippen molar-refractivity contribution in [2.24, 2.45) is 0 Å². The summed E-state index contributed by atoms with van der Waals surface area (Å²) in [4.78, 5) is 3.27. The third-order valence-corrected chi connectivity index (χ3v) is 3.25. The maximum absolute atomic E-state index is 5.81. The zero-order valence-corrected chi connectivity index (χ0v) is 10.6. The van der Waals surface area contributed by atoms with Crippen LogP contribution in [0.5, 0.6) is 5.75 Å². The van der Waals surface area contributed by atoms with Crippen molar-refractivity contribution in [3.05, 3.63) is 29.3 Å². The fourth-order valence-corrected chi connectivity index (χ4v) is 2.06. The molecule has 0 radical (unpaired) electrons. The SMILES string of the molecule is CSC1=[NH+]CC(Oc2ccc(Cl)cc2)CN1. The second kappa shape index (κ2) is 5.46. The van der Waals surface area contributed by atoms with Crippen LogP contribution >= 0.6 is 23.4 Å². The lowest BCUT2D eigenvalue weighted by Gasteiger charge is -2.18. The van der Waals surface area contributed by atoms with Crippen LogP contribution in [-0.4, -0.2) is 30.6 Å². The van der Waals surface area contributed by atoms with E-state index in [1.807, 2.05) is 30.5 Å². The first kappa shape index (κ1) is 11.6. The average Bonchev–Trinajstić information content (AvgIpc) is 2.33. The van der Waals surface area contributed by atoms with E-state index in [0.29, 0.717) is 0 Å². The zero-order chi connectivity index (χ0) is 11.4. The first-order valence-corrected chi connectivity index (χ1v) is 6.69. The molecule has 1 aromatic rings. The molecule has 1 unspecified atom stereocenters. The van der Waals surface area contributed by atoms with Gasteiger partial charge in [-0.05, 0) is 42.3 Å². The summed E-state index contributed by atoms with van der Waals surface area (Å²) >= 11 is 7.48. The van der Waals surface area contributed by atoms with Gasteiger partial charge in [0.2, 0.25) is 0 Å². The Kier molecular flexibility index (Phi) is 3.96. The Hall–Kier alpha value is -0.870. The Labute approximate surface area is 104 Å². The maximum Gasteiger partial charge on any atom is 0.304 e. The van der Waals surface area contributed by atoms with E-state index in [-0.39, 0.29) is 6.10 Å². The number of nitrogens with one attached hydrogen (secondary N) is 2. The van der Waals surface area contributed by atoms with E-state index >= 15 is 0 Å². The van der Waals surface area contributed by atoms with Crippen molar-refractivity contribution in [1.29, 1.82) is 0 Å². The minimum Gasteiger partial charge on any atom is -0.482 e. The predicted octanol–water partition coefficient (Wildman–Crippen LogP) is 0.490. The van der Waals surface area contributed by atoms with Crippen LogP contribution in [0.1, 0.15) is 0 Å². The number of amidine groups is 1. The summed E-state index contributed by atoms with van der Waals surface area (Å²) < 4.78 is 5.80. The van der Waals surface area contributed by atoms with Crippen molar-refractivity contribution >= 4 is 28.5 Å². The van der Waals surface area contributed by atoms with E-state index in [4.69, 9.17) is 16.3 Å². The Balaban J connectivity index is 1.92. The monoisotopic (exact) mass is 257 g/mol. The van der Waals surface area contributed by atoms with Crippen molar-refractivity contribution in [2.75, 3.05) is 19.3 Å². The van der Waals surface area contributed by atoms with Crippen molar-refractivity contribution < 1.29 is 9.73 Å². The molecule has 0 saturated carbocycles. The second-order valence-electron chi connectivity index (χ2n) is 3.49. The van der Waals surface area contributed by atoms with Gasteiger partial charge in [0.05, 0.1) is 0 Å². The molecule has 0 bridgehead atoms. The lowest BCUT2D eigenvalue weighted by molar-refractivity contribution is -0.471. The molecule has 2 rings (SSSR count). The number of benzene rings is 1. The summed E-state index contributed by atoms with van der Waals surface area (Å²) in [5.41, 5.74) is 0. The van der Waals surface area contributed by atoms with Crippen LogP contribution in [0.4, 0.5) is 0 Å². The van der Waals surface area contributed by atoms with Crippen LogP contribution in [-0.2, 0) is 0 Å². The molecule has 3 nitrogen and oxygen atoms in total. The van der Waals surface area contributed by atoms with E-state index in [0.717, 1.165) is 29.0 Å². The molecule has 0 aromatic heterocycles. The first-order chi connectivity index (χ1) is 7.78. The quantitative estimate of drug-likeness (QED) is 0.810. The van der Waals surface area contributed by atoms with Crippen molar-refractivity contribution in [3.63, 3.8) is 0 Å². The maximum atomic E-state index is 5.81. The van der Waals surface area contributed by atoms with E-state index in [2.05, 4.69) is 10.3 Å². The van der Waals surface area contributed by atoms with Crippen LogP contribution in [0.2, 0.25) is 5.02 Å². The molecule has 0 spiro atoms. The molecule has 16 heavy (non-hydrogen) atoms. The van der Waals surface area contributed by atoms with Crippen LogP contribution in [0.3, 0.4) is 0 Å². The molecule has 0 aliphatic carbocycles. The van der Waals surface area contributed by atoms with E-state index in [1.165, 1.54) is 0 Å². The fourth-order valence-electron chi connectivity index (χ4n) is 1.48. The van der Waals surface area contributed by atoms with Gasteiger partial charge in [0, 0.05) is 5.02 Å². The van der Waals surface area contributed by atoms with Gasteiger partial charge in [-0.15, -0.1) is 0 Å². The van der Waals surface area contributed by atoms with Crippen LogP contribution in [0, 0.1) is 0 Å². The molecular formula is C11H14ClN2OS+. The highest BCUT2D eigenvalue weighted by Crippen LogP contribution is 2.16. The predicted molar refractivity (Wildman–Crippen MR) is 68.2 cm³/mol. The molecular weight excluding hydrogens is 244 g/mol. The number of hydrogen-bond donors (Lipinski definition) is 2. The van der Waals surface area contributed by atoms with Gasteiger partial charge in [-0.1, -0.05) is 11.6 Å². The van der Waals surface area contributed by atoms with Gasteiger partial charge in [-0.2, -0.15) is 0 Å². The lowest BCUT2D eigenvalue weighted by atomic mass is 10.3. The van der Waals surface area contributed by atoms with E-state index in [1.54, 1.807) is 11.8 Å². The Bertz CT molecular complexity index is 380. The minimum absolute atomic E-state index is 0.150. The molecule has 86 valence electrons. The molecule has 5 heteroatoms. The topological polar surface area (TPSA) is 35.2 Å². The highest BCUT2D eigenvalue weighted by molar-refractivity contribution is 8.12. The van der Waals surface area contributed by atoms with Gasteiger partial charge in [-0.3, -0.25) is 10.3 Å². The molecule has 1 atom stereocenters. The van der Waals surface area contributed by atoms with E-state index < -0.39 is 0 Å². The first-order valence-electron chi connectivity index (χ1n) is 5.09. The number of thioether (sulfide) groups is 1. The van der Waals surface area contributed by atoms with Gasteiger partial charge in [0.15, 0.2) is 6.10 Å². The summed E-state index contributed by atoms with van der Waals surface area (Å²) in [7, 11) is 0. The third-order valence-electron chi connectivity index (χ3n) is 2.30. The fraction of sp³-hybridized carbons (Fsp3) is 0.364. The molecule has 1 aliphatic heterocycles. The Morgan fingerprint density at radius 3 is 2.75 bits per heavy atom. The largest absolute Gasteiger partial charge is 0.482 e. The number of ether oxygens (including phenoxy) is 1. The van der Waals surface area contributed by atoms with E-state index in [9.17, 15) is 0 Å². The van der Waals surface area contributed by atoms with Gasteiger partial charge < -0.3 is 4.74 Å². The zero-order valence-electron chi connectivity index (χ0n) is 9.00. The molecule has 0 saturated heterocycles. The number of halogens is 1. The normalized spacial score (nSPS) is 19.9. The van der Waals surface area contributed by atoms with Gasteiger partial charge in [-0.25, -0.2) is 0 Å². The second-order valence-corrected chi connectivity index (χ2v) is 4.74. The van der Waals surface area contributed by atoms with Crippen molar-refractivity contribution in [3.8, 4) is 5.75 Å². The summed E-state index contributed by atoms with van der Waals surface area (Å²) in [6.45, 7) is 1.65. The van der Waals surface area contributed by atoms with Gasteiger partial charge in [0.1, 0.15) is 18.8 Å². The van der Waals surface area contributed by atoms with Crippen LogP contribution in [0.15, 0.2) is 24.3 Å². The van der Waals surface area contributed by atoms with Gasteiger partial charge in [0.25, 0.3) is 0 Å². The number of rotatable bonds is 2. The van der Waals surface area contributed by atoms with Crippen molar-refractivity contribution in [1.82, 2.24) is 5.32 Å². The minimum atomic E-state index is 0.150. The Morgan fingerprint density at radius 1 is 1.44 bits per heavy atom. The third kappa shape index (κ3) is 3.06. The van der Waals surface area contributed by atoms with Gasteiger partial charge >= 0.3 is 5.17 Å². The molecule has 2 N–H and O–H groups in total. The van der Waals surface area contributed by atoms with Crippen molar-refractivity contribution in [2.45, 2.75) is 6.10 Å². The average molecular weight is 258 g/mol. The molecule has 0 amide bonds. The standard InChI is InChI=1S/C11H13ClN2OS/c1-16-11-13-6-10(7-14-11)15-9-4-2-8(12)3-5-9/h2-5,10H,6-7H2,1H3,(H,13,14)/p+1. The van der Waals surface area contributed by atoms with Crippen LogP contribution in [0.25, 0.3) is 0 Å². The molecule has 1 aliphatic rings. The molecule has 1 aromatic carbocycles. The summed E-state index contributed by atoms with van der Waals surface area (Å²) in [5.74, 6) is 0.852. The smallest absolute Gasteiger partial charge is 0.304 e. The lowest BCUT2D eigenvalue weighted by Crippen LogP contribution is -2.82. The molecule has 0 fully saturated rings. The highest BCUT2D eigenvalue weighted by atomic mass is 35.5. The summed E-state index contributed by atoms with van der Waals surface area (Å²) in [5, 5.41) is 5.10. The number of hydrogen-bond acceptors (Lipinski definition) is 3. The highest BCUT2D eigenvalue weighted by Gasteiger charge is 2.20. The molecule has 1 heterocycles. The van der Waals surface area contributed by atoms with Crippen LogP contribution < -0.4 is 15.0 Å². The summed E-state index contributed by atoms with van der Waals surface area (Å²) in [6, 6.07) is 7.44.